The van der Waals surface area contributed by atoms with E-state index in [2.05, 4.69) is 0 Å². The van der Waals surface area contributed by atoms with E-state index in [1.807, 2.05) is 31.2 Å². The van der Waals surface area contributed by atoms with E-state index >= 15 is 0 Å². The number of nitrogens with two attached hydrogens (primary N) is 1. The van der Waals surface area contributed by atoms with Crippen LogP contribution in [-0.2, 0) is 0 Å². The van der Waals surface area contributed by atoms with Gasteiger partial charge in [0.25, 0.3) is 0 Å². The fraction of sp³-hybridized carbons (Fsp3) is 0.273. The molecule has 0 aliphatic heterocycles. The van der Waals surface area contributed by atoms with Crippen LogP contribution in [0.15, 0.2) is 23.8 Å². The van der Waals surface area contributed by atoms with Gasteiger partial charge in [-0.3, -0.25) is 0 Å². The van der Waals surface area contributed by atoms with E-state index in [4.69, 9.17) is 22.1 Å². The molecule has 0 unspecified atom stereocenters. The maximum absolute atomic E-state index is 5.80. The van der Waals surface area contributed by atoms with Gasteiger partial charge in [0.05, 0.1) is 7.11 Å². The minimum Gasteiger partial charge on any atom is -0.497 e. The number of rotatable bonds is 3. The molecule has 0 fully saturated rings. The Morgan fingerprint density at radius 2 is 2.29 bits per heavy atom. The molecule has 2 N–H and O–H groups in total. The molecule has 2 nitrogen and oxygen atoms in total. The van der Waals surface area contributed by atoms with Crippen molar-refractivity contribution in [1.29, 1.82) is 0 Å². The molecule has 0 spiro atoms. The highest BCUT2D eigenvalue weighted by Gasteiger charge is 1.99. The van der Waals surface area contributed by atoms with Gasteiger partial charge < -0.3 is 10.5 Å². The second-order valence-electron chi connectivity index (χ2n) is 3.12. The number of alkyl halides is 1. The first-order chi connectivity index (χ1) is 6.67. The third-order valence-electron chi connectivity index (χ3n) is 1.91. The maximum Gasteiger partial charge on any atom is 0.119 e. The summed E-state index contributed by atoms with van der Waals surface area (Å²) in [5.74, 6) is 1.31. The molecule has 0 heterocycles. The van der Waals surface area contributed by atoms with Gasteiger partial charge in [-0.2, -0.15) is 0 Å². The van der Waals surface area contributed by atoms with Crippen molar-refractivity contribution in [3.05, 3.63) is 29.3 Å². The molecule has 0 radical (unpaired) electrons. The summed E-state index contributed by atoms with van der Waals surface area (Å²) in [7, 11) is 1.63. The predicted octanol–water partition coefficient (Wildman–Crippen LogP) is 2.92. The molecule has 0 saturated carbocycles. The monoisotopic (exact) mass is 211 g/mol. The molecule has 1 aromatic carbocycles. The largest absolute Gasteiger partial charge is 0.497 e. The van der Waals surface area contributed by atoms with Crippen molar-refractivity contribution in [2.45, 2.75) is 6.92 Å². The molecule has 0 aromatic heterocycles. The number of hydrogen-bond acceptors (Lipinski definition) is 2. The summed E-state index contributed by atoms with van der Waals surface area (Å²) in [6.07, 6.45) is 1.96. The third kappa shape index (κ3) is 2.67. The van der Waals surface area contributed by atoms with Gasteiger partial charge in [-0.25, -0.2) is 0 Å². The van der Waals surface area contributed by atoms with Gasteiger partial charge in [0, 0.05) is 17.1 Å². The Labute approximate surface area is 89.3 Å². The van der Waals surface area contributed by atoms with Crippen molar-refractivity contribution in [2.75, 3.05) is 18.7 Å². The highest BCUT2D eigenvalue weighted by atomic mass is 35.5. The lowest BCUT2D eigenvalue weighted by atomic mass is 10.1. The molecule has 0 bridgehead atoms. The Hall–Kier alpha value is -1.15. The van der Waals surface area contributed by atoms with E-state index in [-0.39, 0.29) is 0 Å². The molecule has 1 aromatic rings. The quantitative estimate of drug-likeness (QED) is 0.617. The van der Waals surface area contributed by atoms with Crippen LogP contribution >= 0.6 is 11.6 Å². The van der Waals surface area contributed by atoms with Crippen molar-refractivity contribution in [2.24, 2.45) is 0 Å². The van der Waals surface area contributed by atoms with Gasteiger partial charge in [-0.1, -0.05) is 11.6 Å². The summed E-state index contributed by atoms with van der Waals surface area (Å²) in [6, 6.07) is 5.56. The number of allylic oxidation sites excluding steroid dienone is 1. The van der Waals surface area contributed by atoms with Crippen LogP contribution < -0.4 is 10.5 Å². The molecule has 14 heavy (non-hydrogen) atoms. The van der Waals surface area contributed by atoms with Crippen LogP contribution in [0.4, 0.5) is 5.69 Å². The highest BCUT2D eigenvalue weighted by Crippen LogP contribution is 2.21. The van der Waals surface area contributed by atoms with Crippen LogP contribution in [0.5, 0.6) is 5.75 Å². The molecule has 0 saturated heterocycles. The van der Waals surface area contributed by atoms with Gasteiger partial charge in [0.2, 0.25) is 0 Å². The van der Waals surface area contributed by atoms with E-state index in [1.165, 1.54) is 0 Å². The summed E-state index contributed by atoms with van der Waals surface area (Å²) in [4.78, 5) is 0. The number of hydrogen-bond donors (Lipinski definition) is 1. The molecule has 76 valence electrons. The van der Waals surface area contributed by atoms with Crippen molar-refractivity contribution in [3.8, 4) is 5.75 Å². The number of halogens is 1. The van der Waals surface area contributed by atoms with Crippen LogP contribution in [0.2, 0.25) is 0 Å². The lowest BCUT2D eigenvalue weighted by Gasteiger charge is -2.05. The minimum atomic E-state index is 0.511. The Kier molecular flexibility index (Phi) is 3.84. The second-order valence-corrected chi connectivity index (χ2v) is 3.39. The standard InChI is InChI=1S/C11H14ClNO/c1-8(7-12)5-9-6-10(14-2)3-4-11(9)13/h3-6H,7,13H2,1-2H3/b8-5+. The zero-order valence-corrected chi connectivity index (χ0v) is 9.14. The summed E-state index contributed by atoms with van der Waals surface area (Å²) in [5, 5.41) is 0. The van der Waals surface area contributed by atoms with Crippen molar-refractivity contribution < 1.29 is 4.74 Å². The van der Waals surface area contributed by atoms with Crippen LogP contribution in [0.1, 0.15) is 12.5 Å². The number of benzene rings is 1. The summed E-state index contributed by atoms with van der Waals surface area (Å²) in [5.41, 5.74) is 8.56. The number of nitrogen functional groups attached to an aromatic ring is 1. The molecule has 1 rings (SSSR count). The normalized spacial score (nSPS) is 11.5. The van der Waals surface area contributed by atoms with E-state index in [0.717, 1.165) is 22.6 Å². The van der Waals surface area contributed by atoms with Crippen molar-refractivity contribution >= 4 is 23.4 Å². The van der Waals surface area contributed by atoms with Crippen LogP contribution in [0.25, 0.3) is 6.08 Å². The first-order valence-corrected chi connectivity index (χ1v) is 4.87. The minimum absolute atomic E-state index is 0.511. The first kappa shape index (κ1) is 10.9. The van der Waals surface area contributed by atoms with Gasteiger partial charge in [0.15, 0.2) is 0 Å². The summed E-state index contributed by atoms with van der Waals surface area (Å²) >= 11 is 5.69. The van der Waals surface area contributed by atoms with Crippen LogP contribution in [0.3, 0.4) is 0 Å². The lowest BCUT2D eigenvalue weighted by molar-refractivity contribution is 0.415. The number of ether oxygens (including phenoxy) is 1. The van der Waals surface area contributed by atoms with Gasteiger partial charge in [0.1, 0.15) is 5.75 Å². The van der Waals surface area contributed by atoms with Gasteiger partial charge in [-0.05, 0) is 25.1 Å². The fourth-order valence-corrected chi connectivity index (χ4v) is 1.19. The zero-order valence-electron chi connectivity index (χ0n) is 8.38. The van der Waals surface area contributed by atoms with E-state index < -0.39 is 0 Å². The first-order valence-electron chi connectivity index (χ1n) is 4.34. The molecular weight excluding hydrogens is 198 g/mol. The van der Waals surface area contributed by atoms with Crippen molar-refractivity contribution in [1.82, 2.24) is 0 Å². The summed E-state index contributed by atoms with van der Waals surface area (Å²) in [6.45, 7) is 1.96. The van der Waals surface area contributed by atoms with Gasteiger partial charge >= 0.3 is 0 Å². The highest BCUT2D eigenvalue weighted by molar-refractivity contribution is 6.19. The van der Waals surface area contributed by atoms with Crippen molar-refractivity contribution in [3.63, 3.8) is 0 Å². The average molecular weight is 212 g/mol. The second kappa shape index (κ2) is 4.91. The Morgan fingerprint density at radius 3 is 2.86 bits per heavy atom. The van der Waals surface area contributed by atoms with Crippen LogP contribution in [-0.4, -0.2) is 13.0 Å². The zero-order chi connectivity index (χ0) is 10.6. The third-order valence-corrected chi connectivity index (χ3v) is 2.33. The molecule has 0 aliphatic rings. The smallest absolute Gasteiger partial charge is 0.119 e. The van der Waals surface area contributed by atoms with Gasteiger partial charge in [-0.15, -0.1) is 11.6 Å². The Morgan fingerprint density at radius 1 is 1.57 bits per heavy atom. The molecular formula is C11H14ClNO. The fourth-order valence-electron chi connectivity index (χ4n) is 1.11. The summed E-state index contributed by atoms with van der Waals surface area (Å²) < 4.78 is 5.11. The molecule has 3 heteroatoms. The maximum atomic E-state index is 5.80. The van der Waals surface area contributed by atoms with Crippen LogP contribution in [0, 0.1) is 0 Å². The van der Waals surface area contributed by atoms with E-state index in [9.17, 15) is 0 Å². The number of methoxy groups -OCH3 is 1. The lowest BCUT2D eigenvalue weighted by Crippen LogP contribution is -1.92. The Bertz CT molecular complexity index is 347. The molecule has 0 amide bonds. The average Bonchev–Trinajstić information content (AvgIpc) is 2.21. The topological polar surface area (TPSA) is 35.2 Å². The Balaban J connectivity index is 3.06. The predicted molar refractivity (Wildman–Crippen MR) is 61.8 cm³/mol. The molecule has 0 atom stereocenters. The van der Waals surface area contributed by atoms with E-state index in [0.29, 0.717) is 5.88 Å². The molecule has 0 aliphatic carbocycles. The SMILES string of the molecule is COc1ccc(N)c(/C=C(\C)CCl)c1. The number of anilines is 1. The van der Waals surface area contributed by atoms with E-state index in [1.54, 1.807) is 7.11 Å².